The summed E-state index contributed by atoms with van der Waals surface area (Å²) in [6.07, 6.45) is 3.81. The second kappa shape index (κ2) is 19.7. The van der Waals surface area contributed by atoms with Crippen LogP contribution in [-0.2, 0) is 42.7 Å². The third-order valence-electron chi connectivity index (χ3n) is 10.3. The lowest BCUT2D eigenvalue weighted by molar-refractivity contribution is -0.328. The Bertz CT molecular complexity index is 1850. The number of epoxide rings is 1. The second-order valence-electron chi connectivity index (χ2n) is 14.6. The molecule has 3 heterocycles. The van der Waals surface area contributed by atoms with Crippen LogP contribution in [0.4, 0.5) is 0 Å². The Labute approximate surface area is 336 Å². The van der Waals surface area contributed by atoms with Crippen LogP contribution in [0.5, 0.6) is 17.2 Å². The van der Waals surface area contributed by atoms with Crippen LogP contribution in [0.2, 0.25) is 0 Å². The minimum absolute atomic E-state index is 0.123. The molecule has 58 heavy (non-hydrogen) atoms. The maximum atomic E-state index is 13.0. The molecule has 0 spiro atoms. The molecule has 0 radical (unpaired) electrons. The van der Waals surface area contributed by atoms with Gasteiger partial charge in [-0.3, -0.25) is 4.79 Å². The maximum Gasteiger partial charge on any atom is 0.343 e. The van der Waals surface area contributed by atoms with E-state index in [1.807, 2.05) is 0 Å². The number of hydrogen-bond acceptors (Lipinski definition) is 15. The summed E-state index contributed by atoms with van der Waals surface area (Å²) in [4.78, 5) is 49.7. The van der Waals surface area contributed by atoms with Crippen molar-refractivity contribution in [2.45, 2.75) is 95.3 Å². The predicted molar refractivity (Wildman–Crippen MR) is 201 cm³/mol. The number of rotatable bonds is 17. The van der Waals surface area contributed by atoms with Crippen LogP contribution in [0.3, 0.4) is 0 Å². The van der Waals surface area contributed by atoms with Gasteiger partial charge in [0.25, 0.3) is 0 Å². The molecule has 0 amide bonds. The average molecular weight is 805 g/mol. The van der Waals surface area contributed by atoms with E-state index in [4.69, 9.17) is 52.1 Å². The smallest absolute Gasteiger partial charge is 0.343 e. The fraction of sp³-hybridized carbons (Fsp3) is 0.488. The van der Waals surface area contributed by atoms with E-state index in [2.05, 4.69) is 6.92 Å². The fourth-order valence-electron chi connectivity index (χ4n) is 7.10. The number of hydrogen-bond donors (Lipinski definition) is 0. The summed E-state index contributed by atoms with van der Waals surface area (Å²) in [5, 5.41) is 0. The molecule has 1 saturated carbocycles. The molecule has 3 aliphatic heterocycles. The van der Waals surface area contributed by atoms with Gasteiger partial charge in [0.2, 0.25) is 0 Å². The number of carbonyl (C=O) groups is 4. The molecule has 0 N–H and O–H groups in total. The zero-order valence-corrected chi connectivity index (χ0v) is 32.4. The summed E-state index contributed by atoms with van der Waals surface area (Å²) >= 11 is 0. The van der Waals surface area contributed by atoms with Crippen LogP contribution in [-0.4, -0.2) is 100 Å². The van der Waals surface area contributed by atoms with Gasteiger partial charge in [0.15, 0.2) is 6.29 Å². The Hall–Kier alpha value is -4.90. The lowest BCUT2D eigenvalue weighted by Gasteiger charge is -2.43. The Morgan fingerprint density at radius 3 is 1.71 bits per heavy atom. The van der Waals surface area contributed by atoms with Crippen LogP contribution in [0, 0.1) is 5.92 Å². The van der Waals surface area contributed by atoms with E-state index in [-0.39, 0.29) is 50.0 Å². The molecule has 310 valence electrons. The predicted octanol–water partition coefficient (Wildman–Crippen LogP) is 5.81. The monoisotopic (exact) mass is 804 g/mol. The SMILES string of the molecule is CCCCC(OCC1CCC2OC2C1)Oc1ccc(C(=O)Oc2ccc(C(=O)OCC3OCOC4C(COC(=O)c5ccc(OC(C)=O)cc5)OCOC34)cc2)cc1. The van der Waals surface area contributed by atoms with Crippen molar-refractivity contribution in [2.24, 2.45) is 5.92 Å². The third-order valence-corrected chi connectivity index (χ3v) is 10.3. The Morgan fingerprint density at radius 1 is 0.638 bits per heavy atom. The van der Waals surface area contributed by atoms with Gasteiger partial charge in [-0.15, -0.1) is 0 Å². The fourth-order valence-corrected chi connectivity index (χ4v) is 7.10. The van der Waals surface area contributed by atoms with Gasteiger partial charge in [-0.25, -0.2) is 14.4 Å². The minimum Gasteiger partial charge on any atom is -0.465 e. The summed E-state index contributed by atoms with van der Waals surface area (Å²) < 4.78 is 62.4. The highest BCUT2D eigenvalue weighted by atomic mass is 16.8. The van der Waals surface area contributed by atoms with Gasteiger partial charge < -0.3 is 52.1 Å². The summed E-state index contributed by atoms with van der Waals surface area (Å²) in [5.74, 6) is -0.632. The molecule has 0 bridgehead atoms. The molecule has 4 fully saturated rings. The summed E-state index contributed by atoms with van der Waals surface area (Å²) in [7, 11) is 0. The molecule has 8 unspecified atom stereocenters. The van der Waals surface area contributed by atoms with E-state index in [0.29, 0.717) is 41.8 Å². The highest BCUT2D eigenvalue weighted by molar-refractivity contribution is 5.92. The summed E-state index contributed by atoms with van der Waals surface area (Å²) in [6, 6.07) is 18.7. The number of fused-ring (bicyclic) bond motifs is 2. The first-order chi connectivity index (χ1) is 28.2. The molecule has 3 saturated heterocycles. The van der Waals surface area contributed by atoms with Gasteiger partial charge in [-0.2, -0.15) is 0 Å². The number of ether oxygens (including phenoxy) is 11. The molecule has 3 aromatic rings. The van der Waals surface area contributed by atoms with Gasteiger partial charge in [0.1, 0.15) is 68.5 Å². The van der Waals surface area contributed by atoms with Gasteiger partial charge in [0.05, 0.1) is 35.5 Å². The van der Waals surface area contributed by atoms with Crippen LogP contribution in [0.15, 0.2) is 72.8 Å². The van der Waals surface area contributed by atoms with Gasteiger partial charge in [0, 0.05) is 13.3 Å². The number of carbonyl (C=O) groups excluding carboxylic acids is 4. The van der Waals surface area contributed by atoms with Crippen LogP contribution < -0.4 is 14.2 Å². The van der Waals surface area contributed by atoms with Crippen molar-refractivity contribution in [1.29, 1.82) is 0 Å². The molecule has 3 aromatic carbocycles. The topological polar surface area (TPSA) is 173 Å². The zero-order valence-electron chi connectivity index (χ0n) is 32.4. The molecule has 7 rings (SSSR count). The number of esters is 4. The van der Waals surface area contributed by atoms with E-state index in [0.717, 1.165) is 38.5 Å². The number of unbranched alkanes of at least 4 members (excludes halogenated alkanes) is 1. The van der Waals surface area contributed by atoms with Crippen molar-refractivity contribution in [1.82, 2.24) is 0 Å². The van der Waals surface area contributed by atoms with Crippen molar-refractivity contribution in [3.63, 3.8) is 0 Å². The lowest BCUT2D eigenvalue weighted by Crippen LogP contribution is -2.59. The zero-order chi connectivity index (χ0) is 40.4. The summed E-state index contributed by atoms with van der Waals surface area (Å²) in [5.41, 5.74) is 0.826. The largest absolute Gasteiger partial charge is 0.465 e. The van der Waals surface area contributed by atoms with Crippen molar-refractivity contribution in [3.8, 4) is 17.2 Å². The summed E-state index contributed by atoms with van der Waals surface area (Å²) in [6.45, 7) is 3.52. The Balaban J connectivity index is 0.845. The van der Waals surface area contributed by atoms with E-state index in [1.54, 1.807) is 24.3 Å². The van der Waals surface area contributed by atoms with Gasteiger partial charge in [-0.05, 0) is 104 Å². The number of benzene rings is 3. The van der Waals surface area contributed by atoms with E-state index >= 15 is 0 Å². The first-order valence-electron chi connectivity index (χ1n) is 19.7. The molecule has 0 aromatic heterocycles. The van der Waals surface area contributed by atoms with Gasteiger partial charge in [-0.1, -0.05) is 13.3 Å². The lowest BCUT2D eigenvalue weighted by atomic mass is 9.90. The van der Waals surface area contributed by atoms with Crippen molar-refractivity contribution >= 4 is 23.9 Å². The average Bonchev–Trinajstić information content (AvgIpc) is 4.02. The Kier molecular flexibility index (Phi) is 14.0. The minimum atomic E-state index is -0.687. The standard InChI is InChI=1S/C43H48O15/c1-3-4-5-38(48-21-27-6-19-34-35(20-27)58-34)56-32-15-11-30(12-16-32)43(47)57-33-17-9-29(10-18-33)42(46)50-23-37-40-39(53-25-52-37)36(51-24-54-40)22-49-41(45)28-7-13-31(14-8-28)55-26(2)44/h7-18,27,34-40H,3-6,19-25H2,1-2H3. The first-order valence-corrected chi connectivity index (χ1v) is 19.7. The van der Waals surface area contributed by atoms with Crippen molar-refractivity contribution < 1.29 is 71.3 Å². The van der Waals surface area contributed by atoms with Crippen molar-refractivity contribution in [2.75, 3.05) is 33.4 Å². The molecule has 15 nitrogen and oxygen atoms in total. The van der Waals surface area contributed by atoms with Crippen LogP contribution in [0.25, 0.3) is 0 Å². The molecular weight excluding hydrogens is 756 g/mol. The molecule has 4 aliphatic rings. The van der Waals surface area contributed by atoms with Crippen LogP contribution >= 0.6 is 0 Å². The van der Waals surface area contributed by atoms with E-state index < -0.39 is 48.3 Å². The Morgan fingerprint density at radius 2 is 1.17 bits per heavy atom. The van der Waals surface area contributed by atoms with E-state index in [1.165, 1.54) is 55.5 Å². The van der Waals surface area contributed by atoms with E-state index in [9.17, 15) is 19.2 Å². The van der Waals surface area contributed by atoms with Crippen LogP contribution in [0.1, 0.15) is 83.4 Å². The highest BCUT2D eigenvalue weighted by Gasteiger charge is 2.46. The normalized spacial score (nSPS) is 25.2. The molecular formula is C43H48O15. The third kappa shape index (κ3) is 11.2. The molecule has 1 aliphatic carbocycles. The molecule has 15 heteroatoms. The molecule has 8 atom stereocenters. The second-order valence-corrected chi connectivity index (χ2v) is 14.6. The van der Waals surface area contributed by atoms with Crippen molar-refractivity contribution in [3.05, 3.63) is 89.5 Å². The first kappa shape index (κ1) is 41.3. The highest BCUT2D eigenvalue weighted by Crippen LogP contribution is 2.39. The van der Waals surface area contributed by atoms with Gasteiger partial charge >= 0.3 is 23.9 Å². The quantitative estimate of drug-likeness (QED) is 0.0692. The maximum absolute atomic E-state index is 13.0.